The van der Waals surface area contributed by atoms with Gasteiger partial charge in [-0.25, -0.2) is 9.50 Å². The van der Waals surface area contributed by atoms with E-state index < -0.39 is 8.07 Å². The van der Waals surface area contributed by atoms with Crippen LogP contribution in [-0.2, 0) is 0 Å². The lowest BCUT2D eigenvalue weighted by Gasteiger charge is -2.19. The molecule has 2 rings (SSSR count). The molecule has 3 nitrogen and oxygen atoms in total. The Labute approximate surface area is 120 Å². The number of hydrogen-bond donors (Lipinski definition) is 0. The molecule has 0 saturated carbocycles. The second-order valence-corrected chi connectivity index (χ2v) is 9.93. The van der Waals surface area contributed by atoms with Crippen LogP contribution in [0, 0.1) is 11.5 Å². The van der Waals surface area contributed by atoms with E-state index in [0.717, 1.165) is 11.2 Å². The Bertz CT molecular complexity index is 627. The maximum Gasteiger partial charge on any atom is 0.172 e. The predicted molar refractivity (Wildman–Crippen MR) is 82.1 cm³/mol. The highest BCUT2D eigenvalue weighted by atomic mass is 35.5. The summed E-state index contributed by atoms with van der Waals surface area (Å²) in [5.74, 6) is 3.26. The summed E-state index contributed by atoms with van der Waals surface area (Å²) in [4.78, 5) is 4.31. The zero-order valence-corrected chi connectivity index (χ0v) is 13.3. The Balaban J connectivity index is 2.50. The topological polar surface area (TPSA) is 30.2 Å². The third-order valence-corrected chi connectivity index (χ3v) is 8.82. The van der Waals surface area contributed by atoms with E-state index in [9.17, 15) is 0 Å². The molecule has 0 saturated heterocycles. The molecule has 19 heavy (non-hydrogen) atoms. The van der Waals surface area contributed by atoms with Crippen LogP contribution in [0.2, 0.25) is 23.3 Å². The van der Waals surface area contributed by atoms with Gasteiger partial charge in [0.2, 0.25) is 0 Å². The first-order chi connectivity index (χ1) is 9.15. The quantitative estimate of drug-likeness (QED) is 0.636. The molecule has 0 fully saturated rings. The molecule has 5 heteroatoms. The zero-order valence-electron chi connectivity index (χ0n) is 11.6. The van der Waals surface area contributed by atoms with Gasteiger partial charge in [-0.05, 0) is 24.2 Å². The zero-order chi connectivity index (χ0) is 13.9. The maximum atomic E-state index is 6.17. The molecule has 2 heterocycles. The molecule has 0 aliphatic carbocycles. The maximum absolute atomic E-state index is 6.17. The van der Waals surface area contributed by atoms with E-state index in [1.165, 1.54) is 18.1 Å². The first kappa shape index (κ1) is 14.1. The normalized spacial score (nSPS) is 11.4. The second kappa shape index (κ2) is 5.77. The molecular weight excluding hydrogens is 274 g/mol. The summed E-state index contributed by atoms with van der Waals surface area (Å²) in [6.07, 6.45) is 3.58. The van der Waals surface area contributed by atoms with Crippen LogP contribution in [0.15, 0.2) is 18.5 Å². The monoisotopic (exact) mass is 291 g/mol. The van der Waals surface area contributed by atoms with Crippen molar-refractivity contribution in [3.05, 3.63) is 29.2 Å². The average molecular weight is 292 g/mol. The Morgan fingerprint density at radius 3 is 2.58 bits per heavy atom. The molecule has 0 N–H and O–H groups in total. The van der Waals surface area contributed by atoms with Gasteiger partial charge >= 0.3 is 0 Å². The molecule has 2 aromatic rings. The molecule has 2 aromatic heterocycles. The number of hydrogen-bond acceptors (Lipinski definition) is 2. The molecule has 0 unspecified atom stereocenters. The van der Waals surface area contributed by atoms with Crippen LogP contribution < -0.4 is 0 Å². The summed E-state index contributed by atoms with van der Waals surface area (Å²) in [7, 11) is -1.47. The van der Waals surface area contributed by atoms with E-state index >= 15 is 0 Å². The minimum absolute atomic E-state index is 0.442. The van der Waals surface area contributed by atoms with Crippen LogP contribution in [-0.4, -0.2) is 22.7 Å². The smallest absolute Gasteiger partial charge is 0.172 e. The predicted octanol–water partition coefficient (Wildman–Crippen LogP) is 3.78. The largest absolute Gasteiger partial charge is 0.236 e. The molecule has 0 spiro atoms. The first-order valence-electron chi connectivity index (χ1n) is 6.67. The van der Waals surface area contributed by atoms with E-state index in [-0.39, 0.29) is 0 Å². The van der Waals surface area contributed by atoms with Gasteiger partial charge in [0.15, 0.2) is 10.8 Å². The van der Waals surface area contributed by atoms with Crippen LogP contribution in [0.3, 0.4) is 0 Å². The number of nitrogens with zero attached hydrogens (tertiary/aromatic N) is 3. The number of fused-ring (bicyclic) bond motifs is 1. The summed E-state index contributed by atoms with van der Waals surface area (Å²) in [6.45, 7) is 6.72. The highest BCUT2D eigenvalue weighted by molar-refractivity contribution is 6.87. The van der Waals surface area contributed by atoms with Crippen molar-refractivity contribution in [1.82, 2.24) is 14.6 Å². The van der Waals surface area contributed by atoms with Crippen LogP contribution >= 0.6 is 11.6 Å². The molecule has 100 valence electrons. The van der Waals surface area contributed by atoms with Crippen molar-refractivity contribution in [2.24, 2.45) is 0 Å². The van der Waals surface area contributed by atoms with Gasteiger partial charge in [0, 0.05) is 12.4 Å². The van der Waals surface area contributed by atoms with Crippen molar-refractivity contribution < 1.29 is 0 Å². The molecule has 0 atom stereocenters. The Kier molecular flexibility index (Phi) is 4.28. The third kappa shape index (κ3) is 2.67. The van der Waals surface area contributed by atoms with E-state index in [1.807, 2.05) is 12.3 Å². The highest BCUT2D eigenvalue weighted by Gasteiger charge is 2.24. The van der Waals surface area contributed by atoms with Gasteiger partial charge in [-0.15, -0.1) is 5.54 Å². The summed E-state index contributed by atoms with van der Waals surface area (Å²) in [5.41, 5.74) is 5.03. The molecule has 0 bridgehead atoms. The second-order valence-electron chi connectivity index (χ2n) is 4.64. The van der Waals surface area contributed by atoms with Crippen molar-refractivity contribution in [3.8, 4) is 11.5 Å². The molecule has 0 radical (unpaired) electrons. The van der Waals surface area contributed by atoms with E-state index in [1.54, 1.807) is 10.7 Å². The van der Waals surface area contributed by atoms with Gasteiger partial charge in [0.1, 0.15) is 13.6 Å². The highest BCUT2D eigenvalue weighted by Crippen LogP contribution is 2.21. The Morgan fingerprint density at radius 1 is 1.26 bits per heavy atom. The first-order valence-corrected chi connectivity index (χ1v) is 9.67. The van der Waals surface area contributed by atoms with Gasteiger partial charge in [0.25, 0.3) is 0 Å². The van der Waals surface area contributed by atoms with Gasteiger partial charge < -0.3 is 0 Å². The fourth-order valence-electron chi connectivity index (χ4n) is 2.18. The number of halogens is 1. The summed E-state index contributed by atoms with van der Waals surface area (Å²) in [5, 5.41) is 4.67. The summed E-state index contributed by atoms with van der Waals surface area (Å²) >= 11 is 6.17. The van der Waals surface area contributed by atoms with Gasteiger partial charge in [0.05, 0.1) is 0 Å². The van der Waals surface area contributed by atoms with Crippen molar-refractivity contribution in [2.45, 2.75) is 38.9 Å². The molecule has 0 amide bonds. The van der Waals surface area contributed by atoms with Crippen molar-refractivity contribution in [1.29, 1.82) is 0 Å². The van der Waals surface area contributed by atoms with Crippen molar-refractivity contribution in [2.75, 3.05) is 0 Å². The minimum Gasteiger partial charge on any atom is -0.236 e. The number of rotatable bonds is 3. The van der Waals surface area contributed by atoms with E-state index in [0.29, 0.717) is 5.15 Å². The van der Waals surface area contributed by atoms with Gasteiger partial charge in [-0.1, -0.05) is 38.3 Å². The Morgan fingerprint density at radius 2 is 1.95 bits per heavy atom. The van der Waals surface area contributed by atoms with Crippen molar-refractivity contribution in [3.63, 3.8) is 0 Å². The summed E-state index contributed by atoms with van der Waals surface area (Å²) < 4.78 is 1.68. The standard InChI is InChI=1S/C14H18ClN3Si/c1-4-19(5-2,6-3)11-8-12-13(15)17-18-10-7-9-16-14(12)18/h7,9-10H,4-6H2,1-3H3. The SMILES string of the molecule is CC[Si](C#Cc1c(Cl)nn2cccnc12)(CC)CC. The van der Waals surface area contributed by atoms with E-state index in [2.05, 4.69) is 42.3 Å². The van der Waals surface area contributed by atoms with Crippen LogP contribution in [0.1, 0.15) is 26.3 Å². The lowest BCUT2D eigenvalue weighted by atomic mass is 10.3. The van der Waals surface area contributed by atoms with Crippen LogP contribution in [0.4, 0.5) is 0 Å². The average Bonchev–Trinajstić information content (AvgIpc) is 2.77. The van der Waals surface area contributed by atoms with Crippen LogP contribution in [0.5, 0.6) is 0 Å². The molecule has 0 aromatic carbocycles. The fraction of sp³-hybridized carbons (Fsp3) is 0.429. The number of aromatic nitrogens is 3. The Hall–Kier alpha value is -1.31. The van der Waals surface area contributed by atoms with E-state index in [4.69, 9.17) is 11.6 Å². The molecule has 0 aliphatic rings. The lowest BCUT2D eigenvalue weighted by molar-refractivity contribution is 0.940. The molecule has 0 aliphatic heterocycles. The fourth-order valence-corrected chi connectivity index (χ4v) is 4.81. The van der Waals surface area contributed by atoms with Gasteiger partial charge in [-0.2, -0.15) is 5.10 Å². The third-order valence-electron chi connectivity index (χ3n) is 3.84. The molecular formula is C14H18ClN3Si. The van der Waals surface area contributed by atoms with Gasteiger partial charge in [-0.3, -0.25) is 0 Å². The lowest BCUT2D eigenvalue weighted by Crippen LogP contribution is -2.29. The minimum atomic E-state index is -1.47. The summed E-state index contributed by atoms with van der Waals surface area (Å²) in [6, 6.07) is 5.36. The van der Waals surface area contributed by atoms with Crippen molar-refractivity contribution >= 4 is 25.3 Å². The van der Waals surface area contributed by atoms with Crippen LogP contribution in [0.25, 0.3) is 5.65 Å².